The van der Waals surface area contributed by atoms with Gasteiger partial charge in [0.25, 0.3) is 0 Å². The number of esters is 1. The molecule has 2 heteroatoms. The molecule has 2 nitrogen and oxygen atoms in total. The first-order valence-corrected chi connectivity index (χ1v) is 4.08. The molecule has 0 aromatic heterocycles. The van der Waals surface area contributed by atoms with Crippen molar-refractivity contribution in [3.63, 3.8) is 0 Å². The fourth-order valence-corrected chi connectivity index (χ4v) is 1.80. The topological polar surface area (TPSA) is 26.3 Å². The molecule has 2 unspecified atom stereocenters. The van der Waals surface area contributed by atoms with E-state index in [0.717, 1.165) is 12.8 Å². The van der Waals surface area contributed by atoms with E-state index in [1.165, 1.54) is 7.11 Å². The van der Waals surface area contributed by atoms with E-state index in [1.54, 1.807) is 0 Å². The summed E-state index contributed by atoms with van der Waals surface area (Å²) in [7, 11) is 1.46. The van der Waals surface area contributed by atoms with Gasteiger partial charge in [0, 0.05) is 0 Å². The highest BCUT2D eigenvalue weighted by molar-refractivity contribution is 5.81. The molecule has 0 heterocycles. The molecule has 0 aliphatic heterocycles. The molecule has 0 saturated heterocycles. The number of carbonyl (C=O) groups is 1. The summed E-state index contributed by atoms with van der Waals surface area (Å²) in [6.07, 6.45) is 2.03. The Balaban J connectivity index is 2.69. The Kier molecular flexibility index (Phi) is 1.73. The number of rotatable bonds is 2. The molecule has 1 fully saturated rings. The fourth-order valence-electron chi connectivity index (χ4n) is 1.80. The Bertz CT molecular complexity index is 188. The third-order valence-corrected chi connectivity index (χ3v) is 3.37. The lowest BCUT2D eigenvalue weighted by molar-refractivity contribution is -0.147. The van der Waals surface area contributed by atoms with E-state index in [9.17, 15) is 4.79 Å². The van der Waals surface area contributed by atoms with E-state index < -0.39 is 0 Å². The summed E-state index contributed by atoms with van der Waals surface area (Å²) in [4.78, 5) is 11.2. The lowest BCUT2D eigenvalue weighted by atomic mass is 9.94. The largest absolute Gasteiger partial charge is 0.469 e. The van der Waals surface area contributed by atoms with Crippen LogP contribution < -0.4 is 0 Å². The molecule has 64 valence electrons. The predicted octanol–water partition coefficient (Wildman–Crippen LogP) is 1.99. The van der Waals surface area contributed by atoms with E-state index in [0.29, 0.717) is 0 Å². The molecule has 0 amide bonds. The monoisotopic (exact) mass is 156 g/mol. The first-order chi connectivity index (χ1) is 5.00. The summed E-state index contributed by atoms with van der Waals surface area (Å²) in [6, 6.07) is 0. The summed E-state index contributed by atoms with van der Waals surface area (Å²) in [5.41, 5.74) is -0.00338. The van der Waals surface area contributed by atoms with Gasteiger partial charge in [-0.1, -0.05) is 13.8 Å². The second-order valence-electron chi connectivity index (χ2n) is 3.91. The summed E-state index contributed by atoms with van der Waals surface area (Å²) >= 11 is 0. The zero-order valence-electron chi connectivity index (χ0n) is 7.73. The highest BCUT2D eigenvalue weighted by atomic mass is 16.5. The maximum Gasteiger partial charge on any atom is 0.312 e. The van der Waals surface area contributed by atoms with Crippen molar-refractivity contribution >= 4 is 5.97 Å². The van der Waals surface area contributed by atoms with Crippen LogP contribution in [0.2, 0.25) is 0 Å². The summed E-state index contributed by atoms with van der Waals surface area (Å²) in [6.45, 7) is 6.25. The van der Waals surface area contributed by atoms with Crippen LogP contribution in [-0.2, 0) is 9.53 Å². The van der Waals surface area contributed by atoms with Crippen LogP contribution >= 0.6 is 0 Å². The average molecular weight is 156 g/mol. The van der Waals surface area contributed by atoms with Crippen molar-refractivity contribution in [2.75, 3.05) is 7.11 Å². The van der Waals surface area contributed by atoms with Crippen LogP contribution in [0, 0.1) is 10.8 Å². The molecule has 0 aromatic carbocycles. The third-order valence-electron chi connectivity index (χ3n) is 3.37. The SMILES string of the molecule is CCC1(C)CC1(C)C(=O)OC. The molecule has 11 heavy (non-hydrogen) atoms. The molecule has 1 saturated carbocycles. The maximum atomic E-state index is 11.2. The standard InChI is InChI=1S/C9H16O2/c1-5-8(2)6-9(8,3)7(10)11-4/h5-6H2,1-4H3. The molecule has 0 aromatic rings. The zero-order valence-corrected chi connectivity index (χ0v) is 7.73. The number of methoxy groups -OCH3 is 1. The van der Waals surface area contributed by atoms with Crippen molar-refractivity contribution in [1.82, 2.24) is 0 Å². The van der Waals surface area contributed by atoms with Gasteiger partial charge in [0.1, 0.15) is 0 Å². The quantitative estimate of drug-likeness (QED) is 0.571. The van der Waals surface area contributed by atoms with E-state index in [2.05, 4.69) is 13.8 Å². The minimum absolute atomic E-state index is 0.0538. The summed E-state index contributed by atoms with van der Waals surface area (Å²) in [5.74, 6) is -0.0538. The summed E-state index contributed by atoms with van der Waals surface area (Å²) in [5, 5.41) is 0. The smallest absolute Gasteiger partial charge is 0.312 e. The third kappa shape index (κ3) is 0.959. The van der Waals surface area contributed by atoms with Gasteiger partial charge < -0.3 is 4.74 Å². The number of ether oxygens (including phenoxy) is 1. The van der Waals surface area contributed by atoms with Crippen LogP contribution in [0.5, 0.6) is 0 Å². The molecule has 0 radical (unpaired) electrons. The second-order valence-corrected chi connectivity index (χ2v) is 3.91. The first kappa shape index (κ1) is 8.57. The Hall–Kier alpha value is -0.530. The Labute approximate surface area is 67.9 Å². The molecule has 1 rings (SSSR count). The summed E-state index contributed by atoms with van der Waals surface area (Å²) < 4.78 is 4.74. The van der Waals surface area contributed by atoms with Gasteiger partial charge in [-0.3, -0.25) is 4.79 Å². The van der Waals surface area contributed by atoms with Gasteiger partial charge in [0.15, 0.2) is 0 Å². The van der Waals surface area contributed by atoms with Crippen LogP contribution in [0.3, 0.4) is 0 Å². The van der Waals surface area contributed by atoms with Crippen LogP contribution in [0.15, 0.2) is 0 Å². The van der Waals surface area contributed by atoms with E-state index in [-0.39, 0.29) is 16.8 Å². The second kappa shape index (κ2) is 2.23. The van der Waals surface area contributed by atoms with Crippen LogP contribution in [-0.4, -0.2) is 13.1 Å². The average Bonchev–Trinajstić information content (AvgIpc) is 2.56. The van der Waals surface area contributed by atoms with Crippen molar-refractivity contribution < 1.29 is 9.53 Å². The highest BCUT2D eigenvalue weighted by Gasteiger charge is 2.65. The van der Waals surface area contributed by atoms with Gasteiger partial charge in [-0.05, 0) is 25.2 Å². The Morgan fingerprint density at radius 3 is 2.36 bits per heavy atom. The molecule has 2 atom stereocenters. The van der Waals surface area contributed by atoms with Gasteiger partial charge in [0.2, 0.25) is 0 Å². The van der Waals surface area contributed by atoms with E-state index in [4.69, 9.17) is 4.74 Å². The number of carbonyl (C=O) groups excluding carboxylic acids is 1. The molecule has 1 aliphatic rings. The van der Waals surface area contributed by atoms with Crippen molar-refractivity contribution in [1.29, 1.82) is 0 Å². The van der Waals surface area contributed by atoms with Gasteiger partial charge in [0.05, 0.1) is 12.5 Å². The van der Waals surface area contributed by atoms with Gasteiger partial charge in [-0.2, -0.15) is 0 Å². The van der Waals surface area contributed by atoms with Crippen LogP contribution in [0.25, 0.3) is 0 Å². The molecular weight excluding hydrogens is 140 g/mol. The van der Waals surface area contributed by atoms with Gasteiger partial charge in [-0.25, -0.2) is 0 Å². The molecular formula is C9H16O2. The lowest BCUT2D eigenvalue weighted by Crippen LogP contribution is -2.20. The van der Waals surface area contributed by atoms with Gasteiger partial charge >= 0.3 is 5.97 Å². The van der Waals surface area contributed by atoms with E-state index in [1.807, 2.05) is 6.92 Å². The number of hydrogen-bond acceptors (Lipinski definition) is 2. The van der Waals surface area contributed by atoms with Crippen molar-refractivity contribution in [3.05, 3.63) is 0 Å². The van der Waals surface area contributed by atoms with Crippen molar-refractivity contribution in [3.8, 4) is 0 Å². The van der Waals surface area contributed by atoms with E-state index >= 15 is 0 Å². The van der Waals surface area contributed by atoms with Crippen LogP contribution in [0.4, 0.5) is 0 Å². The Morgan fingerprint density at radius 2 is 2.09 bits per heavy atom. The lowest BCUT2D eigenvalue weighted by Gasteiger charge is -2.13. The van der Waals surface area contributed by atoms with Crippen molar-refractivity contribution in [2.45, 2.75) is 33.6 Å². The molecule has 1 aliphatic carbocycles. The minimum Gasteiger partial charge on any atom is -0.469 e. The molecule has 0 N–H and O–H groups in total. The predicted molar refractivity (Wildman–Crippen MR) is 43.1 cm³/mol. The normalized spacial score (nSPS) is 41.8. The zero-order chi connectivity index (χ0) is 8.70. The minimum atomic E-state index is -0.198. The van der Waals surface area contributed by atoms with Gasteiger partial charge in [-0.15, -0.1) is 0 Å². The number of hydrogen-bond donors (Lipinski definition) is 0. The van der Waals surface area contributed by atoms with Crippen molar-refractivity contribution in [2.24, 2.45) is 10.8 Å². The Morgan fingerprint density at radius 1 is 1.55 bits per heavy atom. The fraction of sp³-hybridized carbons (Fsp3) is 0.889. The van der Waals surface area contributed by atoms with Crippen LogP contribution in [0.1, 0.15) is 33.6 Å². The maximum absolute atomic E-state index is 11.2. The molecule has 0 spiro atoms. The molecule has 0 bridgehead atoms. The highest BCUT2D eigenvalue weighted by Crippen LogP contribution is 2.65. The first-order valence-electron chi connectivity index (χ1n) is 4.08.